The highest BCUT2D eigenvalue weighted by Gasteiger charge is 2.44. The van der Waals surface area contributed by atoms with Crippen molar-refractivity contribution in [1.82, 2.24) is 4.31 Å². The lowest BCUT2D eigenvalue weighted by Crippen LogP contribution is -2.45. The third-order valence-corrected chi connectivity index (χ3v) is 7.49. The molecule has 0 N–H and O–H groups in total. The first kappa shape index (κ1) is 18.9. The van der Waals surface area contributed by atoms with Crippen LogP contribution in [0.4, 0.5) is 0 Å². The van der Waals surface area contributed by atoms with Gasteiger partial charge in [0, 0.05) is 4.47 Å². The highest BCUT2D eigenvalue weighted by Crippen LogP contribution is 2.42. The van der Waals surface area contributed by atoms with E-state index in [-0.39, 0.29) is 4.90 Å². The zero-order valence-corrected chi connectivity index (χ0v) is 17.5. The van der Waals surface area contributed by atoms with Gasteiger partial charge in [-0.3, -0.25) is 4.79 Å². The Hall–Kier alpha value is -2.44. The molecule has 142 valence electrons. The van der Waals surface area contributed by atoms with E-state index in [1.54, 1.807) is 19.1 Å². The van der Waals surface area contributed by atoms with Crippen molar-refractivity contribution < 1.29 is 13.2 Å². The minimum absolute atomic E-state index is 0.0992. The second-order valence-corrected chi connectivity index (χ2v) is 9.47. The second-order valence-electron chi connectivity index (χ2n) is 6.74. The van der Waals surface area contributed by atoms with Gasteiger partial charge in [0.05, 0.1) is 16.9 Å². The standard InChI is InChI=1S/C22H18BrNO3S/c1-15-19-9-5-6-10-20(19)21(16-7-3-2-4-8-16)22(25)24(15)28(26,27)18-13-11-17(23)12-14-18/h2-15,21H,1H3. The Bertz CT molecular complexity index is 1130. The molecular weight excluding hydrogens is 438 g/mol. The minimum atomic E-state index is -4.00. The lowest BCUT2D eigenvalue weighted by Gasteiger charge is -2.38. The molecule has 0 saturated carbocycles. The Kier molecular flexibility index (Phi) is 4.85. The van der Waals surface area contributed by atoms with Crippen LogP contribution in [0.1, 0.15) is 35.6 Å². The van der Waals surface area contributed by atoms with E-state index < -0.39 is 27.9 Å². The van der Waals surface area contributed by atoms with Gasteiger partial charge in [-0.15, -0.1) is 0 Å². The number of sulfonamides is 1. The molecule has 1 amide bonds. The van der Waals surface area contributed by atoms with Crippen molar-refractivity contribution in [3.8, 4) is 0 Å². The van der Waals surface area contributed by atoms with Crippen LogP contribution in [0.15, 0.2) is 88.2 Å². The molecule has 6 heteroatoms. The number of carbonyl (C=O) groups excluding carboxylic acids is 1. The van der Waals surface area contributed by atoms with E-state index in [0.717, 1.165) is 25.5 Å². The molecular formula is C22H18BrNO3S. The molecule has 3 aromatic carbocycles. The lowest BCUT2D eigenvalue weighted by atomic mass is 9.82. The predicted molar refractivity (Wildman–Crippen MR) is 111 cm³/mol. The number of rotatable bonds is 3. The van der Waals surface area contributed by atoms with Gasteiger partial charge in [-0.1, -0.05) is 70.5 Å². The number of fused-ring (bicyclic) bond motifs is 1. The van der Waals surface area contributed by atoms with E-state index in [4.69, 9.17) is 0 Å². The van der Waals surface area contributed by atoms with Crippen molar-refractivity contribution >= 4 is 31.9 Å². The molecule has 0 bridgehead atoms. The van der Waals surface area contributed by atoms with Crippen LogP contribution in [0.25, 0.3) is 0 Å². The minimum Gasteiger partial charge on any atom is -0.273 e. The third-order valence-electron chi connectivity index (χ3n) is 5.08. The van der Waals surface area contributed by atoms with Gasteiger partial charge in [-0.05, 0) is 47.9 Å². The Morgan fingerprint density at radius 1 is 0.821 bits per heavy atom. The largest absolute Gasteiger partial charge is 0.273 e. The van der Waals surface area contributed by atoms with Gasteiger partial charge in [0.2, 0.25) is 5.91 Å². The number of halogens is 1. The van der Waals surface area contributed by atoms with Crippen molar-refractivity contribution in [2.45, 2.75) is 23.8 Å². The van der Waals surface area contributed by atoms with Crippen molar-refractivity contribution in [3.63, 3.8) is 0 Å². The van der Waals surface area contributed by atoms with Gasteiger partial charge < -0.3 is 0 Å². The fraction of sp³-hybridized carbons (Fsp3) is 0.136. The van der Waals surface area contributed by atoms with Crippen molar-refractivity contribution in [2.75, 3.05) is 0 Å². The van der Waals surface area contributed by atoms with Gasteiger partial charge in [-0.2, -0.15) is 0 Å². The number of carbonyl (C=O) groups is 1. The summed E-state index contributed by atoms with van der Waals surface area (Å²) in [6.07, 6.45) is 0. The molecule has 0 aliphatic carbocycles. The zero-order valence-electron chi connectivity index (χ0n) is 15.1. The van der Waals surface area contributed by atoms with Gasteiger partial charge in [0.15, 0.2) is 0 Å². The van der Waals surface area contributed by atoms with Crippen molar-refractivity contribution in [2.24, 2.45) is 0 Å². The molecule has 2 atom stereocenters. The first-order chi connectivity index (χ1) is 13.4. The van der Waals surface area contributed by atoms with Gasteiger partial charge in [0.1, 0.15) is 0 Å². The molecule has 0 spiro atoms. The molecule has 0 aromatic heterocycles. The summed E-state index contributed by atoms with van der Waals surface area (Å²) in [5, 5.41) is 0. The summed E-state index contributed by atoms with van der Waals surface area (Å²) in [5.41, 5.74) is 2.48. The molecule has 2 unspecified atom stereocenters. The summed E-state index contributed by atoms with van der Waals surface area (Å²) in [5.74, 6) is -1.08. The van der Waals surface area contributed by atoms with Crippen LogP contribution in [-0.4, -0.2) is 18.6 Å². The van der Waals surface area contributed by atoms with Crippen molar-refractivity contribution in [1.29, 1.82) is 0 Å². The summed E-state index contributed by atoms with van der Waals surface area (Å²) >= 11 is 3.32. The van der Waals surface area contributed by atoms with Crippen LogP contribution in [0.2, 0.25) is 0 Å². The maximum Gasteiger partial charge on any atom is 0.267 e. The summed E-state index contributed by atoms with van der Waals surface area (Å²) in [4.78, 5) is 13.6. The van der Waals surface area contributed by atoms with E-state index in [2.05, 4.69) is 15.9 Å². The Labute approximate surface area is 173 Å². The number of nitrogens with zero attached hydrogens (tertiary/aromatic N) is 1. The molecule has 3 aromatic rings. The van der Waals surface area contributed by atoms with E-state index in [9.17, 15) is 13.2 Å². The fourth-order valence-electron chi connectivity index (χ4n) is 3.75. The summed E-state index contributed by atoms with van der Waals surface area (Å²) < 4.78 is 28.6. The van der Waals surface area contributed by atoms with Gasteiger partial charge in [0.25, 0.3) is 10.0 Å². The number of hydrogen-bond acceptors (Lipinski definition) is 3. The molecule has 0 saturated heterocycles. The molecule has 4 rings (SSSR count). The van der Waals surface area contributed by atoms with Crippen LogP contribution in [-0.2, 0) is 14.8 Å². The smallest absolute Gasteiger partial charge is 0.267 e. The van der Waals surface area contributed by atoms with Crippen LogP contribution in [0, 0.1) is 0 Å². The normalized spacial score (nSPS) is 19.4. The Balaban J connectivity index is 1.90. The van der Waals surface area contributed by atoms with E-state index in [0.29, 0.717) is 0 Å². The summed E-state index contributed by atoms with van der Waals surface area (Å²) in [7, 11) is -4.00. The molecule has 1 aliphatic heterocycles. The predicted octanol–water partition coefficient (Wildman–Crippen LogP) is 4.87. The number of amides is 1. The molecule has 0 radical (unpaired) electrons. The Morgan fingerprint density at radius 2 is 1.39 bits per heavy atom. The monoisotopic (exact) mass is 455 g/mol. The average Bonchev–Trinajstić information content (AvgIpc) is 2.69. The SMILES string of the molecule is CC1c2ccccc2C(c2ccccc2)C(=O)N1S(=O)(=O)c1ccc(Br)cc1. The zero-order chi connectivity index (χ0) is 19.9. The highest BCUT2D eigenvalue weighted by molar-refractivity contribution is 9.10. The van der Waals surface area contributed by atoms with Gasteiger partial charge >= 0.3 is 0 Å². The summed E-state index contributed by atoms with van der Waals surface area (Å²) in [6, 6.07) is 22.6. The first-order valence-corrected chi connectivity index (χ1v) is 11.1. The van der Waals surface area contributed by atoms with E-state index in [1.165, 1.54) is 12.1 Å². The molecule has 1 aliphatic rings. The molecule has 4 nitrogen and oxygen atoms in total. The number of benzene rings is 3. The fourth-order valence-corrected chi connectivity index (χ4v) is 5.59. The molecule has 28 heavy (non-hydrogen) atoms. The number of hydrogen-bond donors (Lipinski definition) is 0. The second kappa shape index (κ2) is 7.18. The lowest BCUT2D eigenvalue weighted by molar-refractivity contribution is -0.129. The summed E-state index contributed by atoms with van der Waals surface area (Å²) in [6.45, 7) is 1.76. The first-order valence-electron chi connectivity index (χ1n) is 8.89. The van der Waals surface area contributed by atoms with Gasteiger partial charge in [-0.25, -0.2) is 12.7 Å². The maximum atomic E-state index is 13.5. The van der Waals surface area contributed by atoms with Crippen LogP contribution in [0.5, 0.6) is 0 Å². The van der Waals surface area contributed by atoms with E-state index in [1.807, 2.05) is 54.6 Å². The topological polar surface area (TPSA) is 54.5 Å². The van der Waals surface area contributed by atoms with E-state index >= 15 is 0 Å². The third kappa shape index (κ3) is 3.06. The molecule has 0 fully saturated rings. The Morgan fingerprint density at radius 3 is 2.04 bits per heavy atom. The van der Waals surface area contributed by atoms with Crippen LogP contribution < -0.4 is 0 Å². The highest BCUT2D eigenvalue weighted by atomic mass is 79.9. The maximum absolute atomic E-state index is 13.5. The molecule has 1 heterocycles. The van der Waals surface area contributed by atoms with Crippen molar-refractivity contribution in [3.05, 3.63) is 100 Å². The van der Waals surface area contributed by atoms with Crippen LogP contribution in [0.3, 0.4) is 0 Å². The quantitative estimate of drug-likeness (QED) is 0.565. The average molecular weight is 456 g/mol. The van der Waals surface area contributed by atoms with Crippen LogP contribution >= 0.6 is 15.9 Å².